The highest BCUT2D eigenvalue weighted by Gasteiger charge is 2.46. The van der Waals surface area contributed by atoms with Crippen LogP contribution in [0.4, 0.5) is 0 Å². The Morgan fingerprint density at radius 3 is 2.90 bits per heavy atom. The standard InChI is InChI=1S/C14H20ClNO3P/c1-16(9-12-5-3-2-4-6-12)8-7-13-11-18-20(15,17)19-14(13)10-16/h2-6,13-14H,7-11H2,1H3/q+1/t13-,14-,16?,20?/m0/s1. The molecule has 0 bridgehead atoms. The van der Waals surface area contributed by atoms with Gasteiger partial charge in [0.25, 0.3) is 0 Å². The van der Waals surface area contributed by atoms with E-state index in [-0.39, 0.29) is 6.10 Å². The van der Waals surface area contributed by atoms with E-state index < -0.39 is 6.95 Å². The molecule has 2 aliphatic heterocycles. The van der Waals surface area contributed by atoms with Crippen molar-refractivity contribution in [2.75, 3.05) is 26.7 Å². The zero-order valence-electron chi connectivity index (χ0n) is 11.6. The van der Waals surface area contributed by atoms with Crippen LogP contribution in [0.2, 0.25) is 0 Å². The Morgan fingerprint density at radius 1 is 1.40 bits per heavy atom. The topological polar surface area (TPSA) is 35.5 Å². The molecule has 6 heteroatoms. The maximum absolute atomic E-state index is 11.8. The lowest BCUT2D eigenvalue weighted by Crippen LogP contribution is -2.57. The lowest BCUT2D eigenvalue weighted by Gasteiger charge is -2.46. The molecule has 20 heavy (non-hydrogen) atoms. The molecule has 2 saturated heterocycles. The van der Waals surface area contributed by atoms with Gasteiger partial charge in [-0.3, -0.25) is 9.05 Å². The second kappa shape index (κ2) is 5.43. The number of likely N-dealkylation sites (tertiary alicyclic amines) is 1. The minimum atomic E-state index is -3.35. The van der Waals surface area contributed by atoms with E-state index in [2.05, 4.69) is 31.3 Å². The quantitative estimate of drug-likeness (QED) is 0.619. The second-order valence-corrected chi connectivity index (χ2v) is 8.66. The Bertz CT molecular complexity index is 526. The Balaban J connectivity index is 1.71. The van der Waals surface area contributed by atoms with Gasteiger partial charge in [-0.2, -0.15) is 0 Å². The summed E-state index contributed by atoms with van der Waals surface area (Å²) in [7, 11) is 2.22. The fraction of sp³-hybridized carbons (Fsp3) is 0.571. The number of rotatable bonds is 2. The predicted molar refractivity (Wildman–Crippen MR) is 78.5 cm³/mol. The molecule has 1 aromatic carbocycles. The summed E-state index contributed by atoms with van der Waals surface area (Å²) >= 11 is 5.75. The van der Waals surface area contributed by atoms with E-state index in [0.717, 1.165) is 30.5 Å². The fourth-order valence-corrected chi connectivity index (χ4v) is 4.66. The van der Waals surface area contributed by atoms with Crippen molar-refractivity contribution in [2.24, 2.45) is 5.92 Å². The number of hydrogen-bond donors (Lipinski definition) is 0. The van der Waals surface area contributed by atoms with E-state index in [9.17, 15) is 4.57 Å². The summed E-state index contributed by atoms with van der Waals surface area (Å²) in [6, 6.07) is 10.4. The molecule has 4 nitrogen and oxygen atoms in total. The molecule has 0 saturated carbocycles. The highest BCUT2D eigenvalue weighted by atomic mass is 35.7. The van der Waals surface area contributed by atoms with E-state index in [1.807, 2.05) is 6.07 Å². The molecule has 4 atom stereocenters. The van der Waals surface area contributed by atoms with Crippen LogP contribution in [0.3, 0.4) is 0 Å². The maximum Gasteiger partial charge on any atom is 0.424 e. The number of benzene rings is 1. The van der Waals surface area contributed by atoms with E-state index >= 15 is 0 Å². The van der Waals surface area contributed by atoms with Crippen molar-refractivity contribution in [1.29, 1.82) is 0 Å². The van der Waals surface area contributed by atoms with Crippen LogP contribution in [-0.2, 0) is 20.2 Å². The van der Waals surface area contributed by atoms with Gasteiger partial charge in [0.1, 0.15) is 19.2 Å². The van der Waals surface area contributed by atoms with Crippen LogP contribution in [0, 0.1) is 5.92 Å². The molecule has 2 heterocycles. The zero-order chi connectivity index (χ0) is 14.2. The van der Waals surface area contributed by atoms with Crippen LogP contribution in [-0.4, -0.2) is 37.3 Å². The molecule has 0 aromatic heterocycles. The first kappa shape index (κ1) is 14.6. The van der Waals surface area contributed by atoms with Crippen molar-refractivity contribution in [3.05, 3.63) is 35.9 Å². The van der Waals surface area contributed by atoms with Crippen LogP contribution in [0.5, 0.6) is 0 Å². The summed E-state index contributed by atoms with van der Waals surface area (Å²) in [5, 5.41) is 0. The van der Waals surface area contributed by atoms with E-state index in [1.54, 1.807) is 0 Å². The third-order valence-electron chi connectivity index (χ3n) is 4.30. The van der Waals surface area contributed by atoms with Crippen molar-refractivity contribution in [2.45, 2.75) is 19.1 Å². The molecule has 2 fully saturated rings. The molecule has 3 rings (SSSR count). The number of piperidine rings is 1. The molecular weight excluding hydrogens is 297 g/mol. The molecule has 0 radical (unpaired) electrons. The van der Waals surface area contributed by atoms with Gasteiger partial charge in [0, 0.05) is 29.1 Å². The second-order valence-electron chi connectivity index (χ2n) is 6.09. The van der Waals surface area contributed by atoms with Gasteiger partial charge in [0.2, 0.25) is 0 Å². The number of quaternary nitrogens is 1. The molecule has 2 unspecified atom stereocenters. The van der Waals surface area contributed by atoms with Crippen molar-refractivity contribution >= 4 is 18.2 Å². The Labute approximate surface area is 124 Å². The normalized spacial score (nSPS) is 41.1. The number of halogens is 1. The molecule has 0 spiro atoms. The molecule has 0 amide bonds. The van der Waals surface area contributed by atoms with Gasteiger partial charge >= 0.3 is 6.95 Å². The average molecular weight is 317 g/mol. The summed E-state index contributed by atoms with van der Waals surface area (Å²) in [5.74, 6) is 0.317. The fourth-order valence-electron chi connectivity index (χ4n) is 3.19. The third kappa shape index (κ3) is 3.26. The highest BCUT2D eigenvalue weighted by Crippen LogP contribution is 2.59. The number of likely N-dealkylation sites (N-methyl/N-ethyl adjacent to an activating group) is 1. The van der Waals surface area contributed by atoms with Gasteiger partial charge in [0.05, 0.1) is 20.2 Å². The first-order chi connectivity index (χ1) is 9.46. The Kier molecular flexibility index (Phi) is 3.95. The minimum absolute atomic E-state index is 0.0606. The summed E-state index contributed by atoms with van der Waals surface area (Å²) in [4.78, 5) is 0. The van der Waals surface area contributed by atoms with Gasteiger partial charge in [-0.05, 0) is 0 Å². The van der Waals surface area contributed by atoms with Crippen molar-refractivity contribution in [1.82, 2.24) is 0 Å². The number of hydrogen-bond acceptors (Lipinski definition) is 3. The first-order valence-electron chi connectivity index (χ1n) is 6.96. The van der Waals surface area contributed by atoms with E-state index in [4.69, 9.17) is 20.3 Å². The van der Waals surface area contributed by atoms with Gasteiger partial charge in [-0.1, -0.05) is 30.3 Å². The van der Waals surface area contributed by atoms with Crippen LogP contribution >= 0.6 is 18.2 Å². The predicted octanol–water partition coefficient (Wildman–Crippen LogP) is 3.42. The van der Waals surface area contributed by atoms with Gasteiger partial charge in [-0.25, -0.2) is 4.57 Å². The molecular formula is C14H20ClNO3P+. The van der Waals surface area contributed by atoms with Crippen LogP contribution in [0.25, 0.3) is 0 Å². The maximum atomic E-state index is 11.8. The van der Waals surface area contributed by atoms with Gasteiger partial charge in [0.15, 0.2) is 0 Å². The zero-order valence-corrected chi connectivity index (χ0v) is 13.2. The van der Waals surface area contributed by atoms with Crippen molar-refractivity contribution < 1.29 is 18.1 Å². The van der Waals surface area contributed by atoms with E-state index in [0.29, 0.717) is 12.5 Å². The monoisotopic (exact) mass is 316 g/mol. The number of nitrogens with zero attached hydrogens (tertiary/aromatic N) is 1. The van der Waals surface area contributed by atoms with Crippen LogP contribution < -0.4 is 0 Å². The van der Waals surface area contributed by atoms with Crippen molar-refractivity contribution in [3.8, 4) is 0 Å². The molecule has 0 N–H and O–H groups in total. The summed E-state index contributed by atoms with van der Waals surface area (Å²) < 4.78 is 23.3. The molecule has 110 valence electrons. The SMILES string of the molecule is C[N+]1(Cc2ccccc2)CC[C@H]2COP(=O)(Cl)O[C@H]2C1. The lowest BCUT2D eigenvalue weighted by atomic mass is 9.92. The molecule has 1 aromatic rings. The molecule has 2 aliphatic rings. The lowest BCUT2D eigenvalue weighted by molar-refractivity contribution is -0.931. The van der Waals surface area contributed by atoms with Crippen LogP contribution in [0.1, 0.15) is 12.0 Å². The average Bonchev–Trinajstić information content (AvgIpc) is 2.38. The Morgan fingerprint density at radius 2 is 2.15 bits per heavy atom. The number of fused-ring (bicyclic) bond motifs is 1. The molecule has 0 aliphatic carbocycles. The van der Waals surface area contributed by atoms with E-state index in [1.165, 1.54) is 5.56 Å². The minimum Gasteiger partial charge on any atom is -0.320 e. The largest absolute Gasteiger partial charge is 0.424 e. The van der Waals surface area contributed by atoms with Gasteiger partial charge in [-0.15, -0.1) is 0 Å². The summed E-state index contributed by atoms with van der Waals surface area (Å²) in [6.45, 7) is -0.0265. The van der Waals surface area contributed by atoms with Gasteiger partial charge < -0.3 is 4.48 Å². The van der Waals surface area contributed by atoms with Crippen molar-refractivity contribution in [3.63, 3.8) is 0 Å². The Hall–Kier alpha value is -0.380. The summed E-state index contributed by atoms with van der Waals surface area (Å²) in [6.07, 6.45) is 0.958. The third-order valence-corrected chi connectivity index (χ3v) is 5.81. The summed E-state index contributed by atoms with van der Waals surface area (Å²) in [5.41, 5.74) is 1.31. The smallest absolute Gasteiger partial charge is 0.320 e. The first-order valence-corrected chi connectivity index (χ1v) is 9.41. The van der Waals surface area contributed by atoms with Crippen LogP contribution in [0.15, 0.2) is 30.3 Å². The highest BCUT2D eigenvalue weighted by molar-refractivity contribution is 7.81.